The van der Waals surface area contributed by atoms with Crippen molar-refractivity contribution in [2.45, 2.75) is 6.42 Å². The molecule has 0 saturated heterocycles. The first-order valence-electron chi connectivity index (χ1n) is 4.78. The van der Waals surface area contributed by atoms with E-state index in [2.05, 4.69) is 17.2 Å². The number of rotatable bonds is 3. The van der Waals surface area contributed by atoms with Gasteiger partial charge in [0.05, 0.1) is 12.7 Å². The standard InChI is InChI=1S/C12H15NO2/c1-13-8-4-3-5-10-9-11(15-2)6-7-12(10)14/h6-7,9,13-14H,4,8H2,1-2H3. The Labute approximate surface area is 90.1 Å². The molecule has 3 nitrogen and oxygen atoms in total. The third-order valence-electron chi connectivity index (χ3n) is 1.93. The average molecular weight is 205 g/mol. The Hall–Kier alpha value is -1.66. The summed E-state index contributed by atoms with van der Waals surface area (Å²) < 4.78 is 5.05. The van der Waals surface area contributed by atoms with Gasteiger partial charge in [-0.25, -0.2) is 0 Å². The summed E-state index contributed by atoms with van der Waals surface area (Å²) in [5.41, 5.74) is 0.602. The van der Waals surface area contributed by atoms with Crippen molar-refractivity contribution in [3.8, 4) is 23.3 Å². The lowest BCUT2D eigenvalue weighted by molar-refractivity contribution is 0.412. The summed E-state index contributed by atoms with van der Waals surface area (Å²) >= 11 is 0. The molecule has 0 saturated carbocycles. The molecule has 80 valence electrons. The van der Waals surface area contributed by atoms with Crippen molar-refractivity contribution < 1.29 is 9.84 Å². The third-order valence-corrected chi connectivity index (χ3v) is 1.93. The predicted molar refractivity (Wildman–Crippen MR) is 60.1 cm³/mol. The van der Waals surface area contributed by atoms with Gasteiger partial charge in [0.2, 0.25) is 0 Å². The summed E-state index contributed by atoms with van der Waals surface area (Å²) in [6.07, 6.45) is 0.757. The van der Waals surface area contributed by atoms with Crippen LogP contribution in [-0.4, -0.2) is 25.8 Å². The zero-order valence-corrected chi connectivity index (χ0v) is 9.00. The van der Waals surface area contributed by atoms with E-state index in [1.807, 2.05) is 7.05 Å². The highest BCUT2D eigenvalue weighted by molar-refractivity contribution is 5.49. The molecule has 0 aliphatic rings. The molecule has 0 heterocycles. The highest BCUT2D eigenvalue weighted by Gasteiger charge is 1.99. The van der Waals surface area contributed by atoms with E-state index in [9.17, 15) is 5.11 Å². The van der Waals surface area contributed by atoms with E-state index in [1.165, 1.54) is 0 Å². The Bertz CT molecular complexity index is 377. The van der Waals surface area contributed by atoms with Gasteiger partial charge < -0.3 is 15.2 Å². The molecule has 0 aliphatic carbocycles. The predicted octanol–water partition coefficient (Wildman–Crippen LogP) is 1.36. The van der Waals surface area contributed by atoms with Crippen molar-refractivity contribution in [2.75, 3.05) is 20.7 Å². The monoisotopic (exact) mass is 205 g/mol. The van der Waals surface area contributed by atoms with Crippen LogP contribution >= 0.6 is 0 Å². The molecule has 0 aromatic heterocycles. The van der Waals surface area contributed by atoms with E-state index < -0.39 is 0 Å². The number of benzene rings is 1. The molecule has 3 heteroatoms. The van der Waals surface area contributed by atoms with Gasteiger partial charge in [-0.15, -0.1) is 0 Å². The van der Waals surface area contributed by atoms with Gasteiger partial charge in [0.25, 0.3) is 0 Å². The molecule has 0 atom stereocenters. The first-order chi connectivity index (χ1) is 7.27. The average Bonchev–Trinajstić information content (AvgIpc) is 2.26. The van der Waals surface area contributed by atoms with Crippen molar-refractivity contribution in [2.24, 2.45) is 0 Å². The molecule has 0 bridgehead atoms. The second-order valence-electron chi connectivity index (χ2n) is 3.04. The smallest absolute Gasteiger partial charge is 0.131 e. The summed E-state index contributed by atoms with van der Waals surface area (Å²) in [7, 11) is 3.47. The van der Waals surface area contributed by atoms with Gasteiger partial charge in [-0.05, 0) is 25.2 Å². The summed E-state index contributed by atoms with van der Waals surface area (Å²) in [6.45, 7) is 0.845. The number of ether oxygens (including phenoxy) is 1. The maximum absolute atomic E-state index is 9.51. The van der Waals surface area contributed by atoms with E-state index in [0.29, 0.717) is 11.3 Å². The second-order valence-corrected chi connectivity index (χ2v) is 3.04. The van der Waals surface area contributed by atoms with E-state index in [0.717, 1.165) is 13.0 Å². The quantitative estimate of drug-likeness (QED) is 0.578. The van der Waals surface area contributed by atoms with Crippen LogP contribution in [0.3, 0.4) is 0 Å². The Morgan fingerprint density at radius 2 is 2.27 bits per heavy atom. The van der Waals surface area contributed by atoms with Crippen molar-refractivity contribution in [1.29, 1.82) is 0 Å². The highest BCUT2D eigenvalue weighted by Crippen LogP contribution is 2.21. The van der Waals surface area contributed by atoms with Crippen LogP contribution in [0.15, 0.2) is 18.2 Å². The van der Waals surface area contributed by atoms with Crippen LogP contribution < -0.4 is 10.1 Å². The molecule has 1 rings (SSSR count). The molecule has 0 unspecified atom stereocenters. The lowest BCUT2D eigenvalue weighted by Crippen LogP contribution is -2.05. The van der Waals surface area contributed by atoms with Crippen LogP contribution in [0.2, 0.25) is 0 Å². The van der Waals surface area contributed by atoms with Crippen LogP contribution in [0.4, 0.5) is 0 Å². The fraction of sp³-hybridized carbons (Fsp3) is 0.333. The lowest BCUT2D eigenvalue weighted by Gasteiger charge is -2.01. The van der Waals surface area contributed by atoms with Crippen LogP contribution in [0.1, 0.15) is 12.0 Å². The zero-order chi connectivity index (χ0) is 11.1. The van der Waals surface area contributed by atoms with Gasteiger partial charge in [-0.2, -0.15) is 0 Å². The molecule has 1 aromatic rings. The molecule has 1 aromatic carbocycles. The van der Waals surface area contributed by atoms with Crippen LogP contribution in [0.25, 0.3) is 0 Å². The second kappa shape index (κ2) is 5.94. The topological polar surface area (TPSA) is 41.5 Å². The minimum atomic E-state index is 0.188. The van der Waals surface area contributed by atoms with Crippen molar-refractivity contribution in [3.05, 3.63) is 23.8 Å². The van der Waals surface area contributed by atoms with Crippen molar-refractivity contribution in [3.63, 3.8) is 0 Å². The summed E-state index contributed by atoms with van der Waals surface area (Å²) in [5, 5.41) is 12.5. The Morgan fingerprint density at radius 1 is 1.47 bits per heavy atom. The van der Waals surface area contributed by atoms with Crippen LogP contribution in [0, 0.1) is 11.8 Å². The maximum atomic E-state index is 9.51. The van der Waals surface area contributed by atoms with E-state index in [1.54, 1.807) is 25.3 Å². The lowest BCUT2D eigenvalue weighted by atomic mass is 10.2. The summed E-state index contributed by atoms with van der Waals surface area (Å²) in [4.78, 5) is 0. The Morgan fingerprint density at radius 3 is 2.93 bits per heavy atom. The van der Waals surface area contributed by atoms with E-state index >= 15 is 0 Å². The number of hydrogen-bond donors (Lipinski definition) is 2. The van der Waals surface area contributed by atoms with Gasteiger partial charge >= 0.3 is 0 Å². The van der Waals surface area contributed by atoms with Crippen molar-refractivity contribution >= 4 is 0 Å². The molecule has 2 N–H and O–H groups in total. The number of phenolic OH excluding ortho intramolecular Hbond substituents is 1. The molecule has 0 radical (unpaired) electrons. The van der Waals surface area contributed by atoms with Crippen LogP contribution in [-0.2, 0) is 0 Å². The van der Waals surface area contributed by atoms with Crippen LogP contribution in [0.5, 0.6) is 11.5 Å². The SMILES string of the molecule is CNCCC#Cc1cc(OC)ccc1O. The van der Waals surface area contributed by atoms with Gasteiger partial charge in [0, 0.05) is 13.0 Å². The number of hydrogen-bond acceptors (Lipinski definition) is 3. The Kier molecular flexibility index (Phi) is 4.52. The van der Waals surface area contributed by atoms with E-state index in [-0.39, 0.29) is 5.75 Å². The number of phenols is 1. The minimum Gasteiger partial charge on any atom is -0.507 e. The largest absolute Gasteiger partial charge is 0.507 e. The highest BCUT2D eigenvalue weighted by atomic mass is 16.5. The minimum absolute atomic E-state index is 0.188. The molecular weight excluding hydrogens is 190 g/mol. The molecule has 0 spiro atoms. The fourth-order valence-corrected chi connectivity index (χ4v) is 1.09. The van der Waals surface area contributed by atoms with Gasteiger partial charge in [0.15, 0.2) is 0 Å². The van der Waals surface area contributed by atoms with Gasteiger partial charge in [-0.1, -0.05) is 11.8 Å². The molecule has 0 fully saturated rings. The van der Waals surface area contributed by atoms with E-state index in [4.69, 9.17) is 4.74 Å². The van der Waals surface area contributed by atoms with Gasteiger partial charge in [-0.3, -0.25) is 0 Å². The molecule has 15 heavy (non-hydrogen) atoms. The van der Waals surface area contributed by atoms with Gasteiger partial charge in [0.1, 0.15) is 11.5 Å². The molecular formula is C12H15NO2. The first kappa shape index (κ1) is 11.4. The maximum Gasteiger partial charge on any atom is 0.131 e. The van der Waals surface area contributed by atoms with Crippen molar-refractivity contribution in [1.82, 2.24) is 5.32 Å². The number of methoxy groups -OCH3 is 1. The Balaban J connectivity index is 2.77. The summed E-state index contributed by atoms with van der Waals surface area (Å²) in [6, 6.07) is 5.01. The fourth-order valence-electron chi connectivity index (χ4n) is 1.09. The zero-order valence-electron chi connectivity index (χ0n) is 9.00. The first-order valence-corrected chi connectivity index (χ1v) is 4.78. The number of nitrogens with one attached hydrogen (secondary N) is 1. The normalized spacial score (nSPS) is 9.20. The molecule has 0 aliphatic heterocycles. The number of aromatic hydroxyl groups is 1. The molecule has 0 amide bonds. The third kappa shape index (κ3) is 3.53. The summed E-state index contributed by atoms with van der Waals surface area (Å²) in [5.74, 6) is 6.76.